The largest absolute Gasteiger partial charge is 0.401 e. The van der Waals surface area contributed by atoms with E-state index in [1.165, 1.54) is 11.1 Å². The number of anilines is 1. The zero-order valence-corrected chi connectivity index (χ0v) is 20.1. The molecule has 7 nitrogen and oxygen atoms in total. The fourth-order valence-corrected chi connectivity index (χ4v) is 4.79. The molecule has 2 aliphatic rings. The van der Waals surface area contributed by atoms with Crippen LogP contribution in [-0.2, 0) is 16.0 Å². The summed E-state index contributed by atoms with van der Waals surface area (Å²) in [5, 5.41) is 3.71. The van der Waals surface area contributed by atoms with Crippen LogP contribution in [0.1, 0.15) is 31.4 Å². The molecule has 0 aliphatic carbocycles. The first kappa shape index (κ1) is 25.8. The molecule has 0 unspecified atom stereocenters. The lowest BCUT2D eigenvalue weighted by atomic mass is 9.91. The van der Waals surface area contributed by atoms with Crippen molar-refractivity contribution in [1.82, 2.24) is 19.9 Å². The van der Waals surface area contributed by atoms with Crippen molar-refractivity contribution in [2.24, 2.45) is 11.8 Å². The van der Waals surface area contributed by atoms with Crippen molar-refractivity contribution in [2.45, 2.75) is 38.3 Å². The van der Waals surface area contributed by atoms with Gasteiger partial charge in [0, 0.05) is 56.1 Å². The first-order valence-corrected chi connectivity index (χ1v) is 12.2. The molecule has 11 heteroatoms. The number of ether oxygens (including phenoxy) is 1. The molecule has 2 aromatic heterocycles. The van der Waals surface area contributed by atoms with Crippen molar-refractivity contribution < 1.29 is 22.7 Å². The minimum absolute atomic E-state index is 0.0316. The van der Waals surface area contributed by atoms with E-state index in [0.29, 0.717) is 53.1 Å². The second-order valence-electron chi connectivity index (χ2n) is 9.21. The summed E-state index contributed by atoms with van der Waals surface area (Å²) in [6.07, 6.45) is 3.64. The average Bonchev–Trinajstić information content (AvgIpc) is 2.84. The summed E-state index contributed by atoms with van der Waals surface area (Å²) in [5.74, 6) is 0.592. The van der Waals surface area contributed by atoms with Gasteiger partial charge in [0.05, 0.1) is 29.7 Å². The number of aromatic nitrogens is 3. The second kappa shape index (κ2) is 11.6. The molecule has 0 aromatic carbocycles. The van der Waals surface area contributed by atoms with E-state index >= 15 is 0 Å². The Bertz CT molecular complexity index is 1020. The van der Waals surface area contributed by atoms with Gasteiger partial charge in [-0.05, 0) is 44.2 Å². The summed E-state index contributed by atoms with van der Waals surface area (Å²) < 4.78 is 43.7. The monoisotopic (exact) mass is 511 g/mol. The Labute approximate surface area is 207 Å². The third kappa shape index (κ3) is 7.59. The fraction of sp³-hybridized carbons (Fsp3) is 0.583. The van der Waals surface area contributed by atoms with E-state index in [1.54, 1.807) is 18.5 Å². The van der Waals surface area contributed by atoms with Gasteiger partial charge in [-0.3, -0.25) is 19.7 Å². The number of halogens is 4. The number of ketones is 1. The molecular weight excluding hydrogens is 483 g/mol. The van der Waals surface area contributed by atoms with Crippen molar-refractivity contribution in [3.05, 3.63) is 35.4 Å². The number of Topliss-reactive ketones (excluding diaryl/α,β-unsaturated/α-hetero) is 1. The summed E-state index contributed by atoms with van der Waals surface area (Å²) in [6.45, 7) is 1.80. The van der Waals surface area contributed by atoms with E-state index in [0.717, 1.165) is 32.6 Å². The average molecular weight is 512 g/mol. The number of alkyl halides is 3. The lowest BCUT2D eigenvalue weighted by Gasteiger charge is -2.32. The van der Waals surface area contributed by atoms with Crippen LogP contribution in [0.5, 0.6) is 0 Å². The Morgan fingerprint density at radius 2 is 2.00 bits per heavy atom. The number of pyridine rings is 1. The van der Waals surface area contributed by atoms with Gasteiger partial charge in [0.15, 0.2) is 0 Å². The summed E-state index contributed by atoms with van der Waals surface area (Å²) in [6, 6.07) is 1.71. The minimum atomic E-state index is -4.27. The molecular formula is C24H29ClF3N5O2. The molecule has 0 radical (unpaired) electrons. The SMILES string of the molecule is O=C(Cc1cc(-c2cncc(NCC3CCOCC3)n2)c(Cl)cn1)[C@H]1CCCN(CC(F)(F)F)C1. The summed E-state index contributed by atoms with van der Waals surface area (Å²) >= 11 is 6.39. The van der Waals surface area contributed by atoms with E-state index in [2.05, 4.69) is 20.3 Å². The van der Waals surface area contributed by atoms with Gasteiger partial charge in [0.2, 0.25) is 0 Å². The van der Waals surface area contributed by atoms with E-state index < -0.39 is 18.6 Å². The fourth-order valence-electron chi connectivity index (χ4n) is 4.59. The lowest BCUT2D eigenvalue weighted by molar-refractivity contribution is -0.151. The molecule has 0 spiro atoms. The highest BCUT2D eigenvalue weighted by atomic mass is 35.5. The van der Waals surface area contributed by atoms with E-state index in [-0.39, 0.29) is 18.7 Å². The maximum atomic E-state index is 12.9. The van der Waals surface area contributed by atoms with Gasteiger partial charge in [0.1, 0.15) is 11.6 Å². The number of piperidine rings is 1. The van der Waals surface area contributed by atoms with Crippen LogP contribution in [0.25, 0.3) is 11.3 Å². The number of likely N-dealkylation sites (tertiary alicyclic amines) is 1. The van der Waals surface area contributed by atoms with Crippen LogP contribution >= 0.6 is 11.6 Å². The van der Waals surface area contributed by atoms with Gasteiger partial charge in [-0.1, -0.05) is 11.6 Å². The quantitative estimate of drug-likeness (QED) is 0.562. The second-order valence-corrected chi connectivity index (χ2v) is 9.62. The molecule has 2 saturated heterocycles. The van der Waals surface area contributed by atoms with Crippen LogP contribution in [0.15, 0.2) is 24.7 Å². The summed E-state index contributed by atoms with van der Waals surface area (Å²) in [4.78, 5) is 27.4. The predicted molar refractivity (Wildman–Crippen MR) is 126 cm³/mol. The predicted octanol–water partition coefficient (Wildman–Crippen LogP) is 4.42. The van der Waals surface area contributed by atoms with Crippen LogP contribution in [0, 0.1) is 11.8 Å². The van der Waals surface area contributed by atoms with E-state index in [4.69, 9.17) is 16.3 Å². The van der Waals surface area contributed by atoms with Crippen LogP contribution in [0.4, 0.5) is 19.0 Å². The molecule has 190 valence electrons. The molecule has 1 atom stereocenters. The van der Waals surface area contributed by atoms with Crippen LogP contribution in [0.2, 0.25) is 5.02 Å². The van der Waals surface area contributed by atoms with Crippen LogP contribution < -0.4 is 5.32 Å². The molecule has 0 bridgehead atoms. The number of nitrogens with zero attached hydrogens (tertiary/aromatic N) is 4. The number of rotatable bonds is 8. The van der Waals surface area contributed by atoms with Gasteiger partial charge < -0.3 is 10.1 Å². The Morgan fingerprint density at radius 1 is 1.20 bits per heavy atom. The number of hydrogen-bond acceptors (Lipinski definition) is 7. The molecule has 35 heavy (non-hydrogen) atoms. The molecule has 2 fully saturated rings. The number of carbonyl (C=O) groups excluding carboxylic acids is 1. The lowest BCUT2D eigenvalue weighted by Crippen LogP contribution is -2.43. The van der Waals surface area contributed by atoms with Crippen molar-refractivity contribution in [3.63, 3.8) is 0 Å². The van der Waals surface area contributed by atoms with Gasteiger partial charge in [-0.2, -0.15) is 13.2 Å². The number of hydrogen-bond donors (Lipinski definition) is 1. The van der Waals surface area contributed by atoms with Crippen LogP contribution in [0.3, 0.4) is 0 Å². The maximum absolute atomic E-state index is 12.9. The number of carbonyl (C=O) groups is 1. The first-order valence-electron chi connectivity index (χ1n) is 11.9. The Hall–Kier alpha value is -2.30. The molecule has 4 rings (SSSR count). The smallest absolute Gasteiger partial charge is 0.381 e. The van der Waals surface area contributed by atoms with Gasteiger partial charge >= 0.3 is 6.18 Å². The van der Waals surface area contributed by atoms with Gasteiger partial charge in [0.25, 0.3) is 0 Å². The number of nitrogens with one attached hydrogen (secondary N) is 1. The van der Waals surface area contributed by atoms with Crippen molar-refractivity contribution >= 4 is 23.2 Å². The third-order valence-electron chi connectivity index (χ3n) is 6.45. The Kier molecular flexibility index (Phi) is 8.56. The molecule has 2 aromatic rings. The van der Waals surface area contributed by atoms with Crippen molar-refractivity contribution in [1.29, 1.82) is 0 Å². The normalized spacial score (nSPS) is 20.1. The van der Waals surface area contributed by atoms with Crippen LogP contribution in [-0.4, -0.2) is 71.2 Å². The van der Waals surface area contributed by atoms with E-state index in [1.807, 2.05) is 0 Å². The highest BCUT2D eigenvalue weighted by Gasteiger charge is 2.34. The Morgan fingerprint density at radius 3 is 2.77 bits per heavy atom. The zero-order valence-electron chi connectivity index (χ0n) is 19.4. The zero-order chi connectivity index (χ0) is 24.8. The van der Waals surface area contributed by atoms with Gasteiger partial charge in [-0.25, -0.2) is 4.98 Å². The molecule has 4 heterocycles. The first-order chi connectivity index (χ1) is 16.8. The maximum Gasteiger partial charge on any atom is 0.401 e. The Balaban J connectivity index is 1.41. The van der Waals surface area contributed by atoms with Crippen molar-refractivity contribution in [3.8, 4) is 11.3 Å². The van der Waals surface area contributed by atoms with Gasteiger partial charge in [-0.15, -0.1) is 0 Å². The summed E-state index contributed by atoms with van der Waals surface area (Å²) in [5.41, 5.74) is 1.66. The molecule has 1 N–H and O–H groups in total. The molecule has 2 aliphatic heterocycles. The summed E-state index contributed by atoms with van der Waals surface area (Å²) in [7, 11) is 0. The highest BCUT2D eigenvalue weighted by molar-refractivity contribution is 6.33. The molecule has 0 saturated carbocycles. The van der Waals surface area contributed by atoms with E-state index in [9.17, 15) is 18.0 Å². The third-order valence-corrected chi connectivity index (χ3v) is 6.76. The topological polar surface area (TPSA) is 80.2 Å². The highest BCUT2D eigenvalue weighted by Crippen LogP contribution is 2.28. The minimum Gasteiger partial charge on any atom is -0.381 e. The standard InChI is InChI=1S/C24H29ClF3N5O2/c25-20-11-30-18(9-22(34)17-2-1-5-33(14-17)15-24(26,27)28)8-19(20)21-12-29-13-23(32-21)31-10-16-3-6-35-7-4-16/h8,11-13,16-17H,1-7,9-10,14-15H2,(H,31,32)/t17-/m0/s1. The van der Waals surface area contributed by atoms with Crippen molar-refractivity contribution in [2.75, 3.05) is 44.7 Å². The molecule has 0 amide bonds.